The highest BCUT2D eigenvalue weighted by Gasteiger charge is 2.46. The lowest BCUT2D eigenvalue weighted by atomic mass is 9.94. The third-order valence-electron chi connectivity index (χ3n) is 5.74. The fourth-order valence-corrected chi connectivity index (χ4v) is 3.96. The molecule has 29 heavy (non-hydrogen) atoms. The van der Waals surface area contributed by atoms with Crippen molar-refractivity contribution in [2.45, 2.75) is 45.1 Å². The molecule has 0 aromatic heterocycles. The lowest BCUT2D eigenvalue weighted by molar-refractivity contribution is -0.150. The Labute approximate surface area is 171 Å². The number of carbonyl (C=O) groups excluding carboxylic acids is 2. The van der Waals surface area contributed by atoms with Gasteiger partial charge >= 0.3 is 5.97 Å². The predicted molar refractivity (Wildman–Crippen MR) is 110 cm³/mol. The molecule has 2 aromatic carbocycles. The van der Waals surface area contributed by atoms with Gasteiger partial charge in [-0.25, -0.2) is 4.79 Å². The van der Waals surface area contributed by atoms with Crippen molar-refractivity contribution in [3.8, 4) is 5.75 Å². The number of rotatable bonds is 7. The summed E-state index contributed by atoms with van der Waals surface area (Å²) in [5, 5.41) is 3.02. The highest BCUT2D eigenvalue weighted by atomic mass is 16.5. The van der Waals surface area contributed by atoms with E-state index in [1.165, 1.54) is 12.8 Å². The topological polar surface area (TPSA) is 64.6 Å². The fraction of sp³-hybridized carbons (Fsp3) is 0.417. The first kappa shape index (κ1) is 19.5. The van der Waals surface area contributed by atoms with Crippen LogP contribution in [0.1, 0.15) is 46.8 Å². The van der Waals surface area contributed by atoms with Crippen molar-refractivity contribution >= 4 is 11.9 Å². The first-order valence-electron chi connectivity index (χ1n) is 10.3. The van der Waals surface area contributed by atoms with Gasteiger partial charge in [0.05, 0.1) is 18.8 Å². The number of benzene rings is 2. The van der Waals surface area contributed by atoms with Gasteiger partial charge in [0.25, 0.3) is 5.91 Å². The van der Waals surface area contributed by atoms with Crippen LogP contribution in [0.2, 0.25) is 0 Å². The first-order chi connectivity index (χ1) is 14.0. The number of esters is 1. The predicted octanol–water partition coefficient (Wildman–Crippen LogP) is 3.61. The smallest absolute Gasteiger partial charge is 0.332 e. The molecule has 5 heteroatoms. The van der Waals surface area contributed by atoms with E-state index in [9.17, 15) is 9.59 Å². The van der Waals surface area contributed by atoms with Gasteiger partial charge in [-0.3, -0.25) is 4.79 Å². The molecule has 0 heterocycles. The highest BCUT2D eigenvalue weighted by molar-refractivity contribution is 6.01. The summed E-state index contributed by atoms with van der Waals surface area (Å²) < 4.78 is 11.4. The lowest BCUT2D eigenvalue weighted by Gasteiger charge is -2.28. The van der Waals surface area contributed by atoms with E-state index in [1.54, 1.807) is 13.0 Å². The van der Waals surface area contributed by atoms with E-state index in [1.807, 2.05) is 43.3 Å². The molecule has 0 aliphatic heterocycles. The number of amides is 1. The maximum atomic E-state index is 13.3. The van der Waals surface area contributed by atoms with Crippen molar-refractivity contribution in [1.29, 1.82) is 0 Å². The summed E-state index contributed by atoms with van der Waals surface area (Å²) in [6.45, 7) is 4.61. The molecule has 0 atom stereocenters. The zero-order chi connectivity index (χ0) is 20.4. The van der Waals surface area contributed by atoms with Crippen molar-refractivity contribution < 1.29 is 19.1 Å². The Bertz CT molecular complexity index is 907. The molecule has 4 rings (SSSR count). The normalized spacial score (nSPS) is 16.8. The molecule has 2 aliphatic rings. The average Bonchev–Trinajstić information content (AvgIpc) is 3.45. The molecule has 1 N–H and O–H groups in total. The van der Waals surface area contributed by atoms with Gasteiger partial charge in [0, 0.05) is 12.8 Å². The molecule has 0 unspecified atom stereocenters. The third-order valence-corrected chi connectivity index (χ3v) is 5.74. The average molecular weight is 393 g/mol. The summed E-state index contributed by atoms with van der Waals surface area (Å²) in [4.78, 5) is 26.2. The molecule has 0 radical (unpaired) electrons. The molecule has 1 amide bonds. The maximum absolute atomic E-state index is 13.3. The molecular weight excluding hydrogens is 366 g/mol. The van der Waals surface area contributed by atoms with Crippen molar-refractivity contribution in [2.24, 2.45) is 5.92 Å². The number of carbonyl (C=O) groups is 2. The van der Waals surface area contributed by atoms with E-state index >= 15 is 0 Å². The van der Waals surface area contributed by atoms with Crippen LogP contribution in [-0.2, 0) is 22.4 Å². The fourth-order valence-electron chi connectivity index (χ4n) is 3.96. The molecular formula is C24H27NO4. The zero-order valence-electron chi connectivity index (χ0n) is 17.0. The second-order valence-corrected chi connectivity index (χ2v) is 8.08. The Morgan fingerprint density at radius 2 is 1.76 bits per heavy atom. The maximum Gasteiger partial charge on any atom is 0.332 e. The number of nitrogens with one attached hydrogen (secondary N) is 1. The molecule has 1 fully saturated rings. The van der Waals surface area contributed by atoms with Crippen LogP contribution >= 0.6 is 0 Å². The van der Waals surface area contributed by atoms with Crippen LogP contribution in [0.3, 0.4) is 0 Å². The molecule has 0 saturated heterocycles. The van der Waals surface area contributed by atoms with Crippen LogP contribution in [-0.4, -0.2) is 30.6 Å². The van der Waals surface area contributed by atoms with E-state index in [4.69, 9.17) is 9.47 Å². The summed E-state index contributed by atoms with van der Waals surface area (Å²) >= 11 is 0. The number of fused-ring (bicyclic) bond motifs is 1. The minimum Gasteiger partial charge on any atom is -0.492 e. The largest absolute Gasteiger partial charge is 0.492 e. The van der Waals surface area contributed by atoms with Gasteiger partial charge in [-0.15, -0.1) is 0 Å². The lowest BCUT2D eigenvalue weighted by Crippen LogP contribution is -2.56. The van der Waals surface area contributed by atoms with Gasteiger partial charge < -0.3 is 14.8 Å². The van der Waals surface area contributed by atoms with E-state index < -0.39 is 11.5 Å². The van der Waals surface area contributed by atoms with Crippen LogP contribution in [0.25, 0.3) is 0 Å². The quantitative estimate of drug-likeness (QED) is 0.730. The Hall–Kier alpha value is -2.82. The van der Waals surface area contributed by atoms with Crippen LogP contribution in [0.5, 0.6) is 5.75 Å². The molecule has 2 aromatic rings. The van der Waals surface area contributed by atoms with Gasteiger partial charge in [-0.2, -0.15) is 0 Å². The van der Waals surface area contributed by atoms with Gasteiger partial charge in [-0.1, -0.05) is 36.4 Å². The molecule has 2 aliphatic carbocycles. The number of ether oxygens (including phenoxy) is 2. The third kappa shape index (κ3) is 4.00. The van der Waals surface area contributed by atoms with Crippen molar-refractivity contribution in [3.63, 3.8) is 0 Å². The van der Waals surface area contributed by atoms with Crippen LogP contribution in [0.4, 0.5) is 0 Å². The van der Waals surface area contributed by atoms with Gasteiger partial charge in [0.1, 0.15) is 11.3 Å². The molecule has 1 saturated carbocycles. The number of hydrogen-bond acceptors (Lipinski definition) is 4. The summed E-state index contributed by atoms with van der Waals surface area (Å²) in [7, 11) is 0. The molecule has 152 valence electrons. The van der Waals surface area contributed by atoms with Gasteiger partial charge in [0.15, 0.2) is 0 Å². The van der Waals surface area contributed by atoms with E-state index in [0.717, 1.165) is 16.7 Å². The highest BCUT2D eigenvalue weighted by Crippen LogP contribution is 2.34. The van der Waals surface area contributed by atoms with Crippen molar-refractivity contribution in [3.05, 3.63) is 64.7 Å². The standard InChI is InChI=1S/C24H27NO4/c1-3-28-23(27)24(13-18-8-4-5-9-19(18)14-24)25-22(26)20-10-6-7-16(2)21(20)29-15-17-11-12-17/h4-10,17H,3,11-15H2,1-2H3,(H,25,26). The molecule has 0 spiro atoms. The van der Waals surface area contributed by atoms with E-state index in [-0.39, 0.29) is 12.5 Å². The summed E-state index contributed by atoms with van der Waals surface area (Å²) in [5.74, 6) is 0.491. The minimum atomic E-state index is -1.09. The van der Waals surface area contributed by atoms with E-state index in [0.29, 0.717) is 36.7 Å². The van der Waals surface area contributed by atoms with Crippen LogP contribution < -0.4 is 10.1 Å². The van der Waals surface area contributed by atoms with Crippen LogP contribution in [0, 0.1) is 12.8 Å². The summed E-state index contributed by atoms with van der Waals surface area (Å²) in [6, 6.07) is 13.4. The SMILES string of the molecule is CCOC(=O)C1(NC(=O)c2cccc(C)c2OCC2CC2)Cc2ccccc2C1. The zero-order valence-corrected chi connectivity index (χ0v) is 17.0. The second kappa shape index (κ2) is 7.90. The van der Waals surface area contributed by atoms with Crippen LogP contribution in [0.15, 0.2) is 42.5 Å². The molecule has 5 nitrogen and oxygen atoms in total. The summed E-state index contributed by atoms with van der Waals surface area (Å²) in [6.07, 6.45) is 3.21. The summed E-state index contributed by atoms with van der Waals surface area (Å²) in [5.41, 5.74) is 2.42. The number of aryl methyl sites for hydroxylation is 1. The Morgan fingerprint density at radius 1 is 1.07 bits per heavy atom. The monoisotopic (exact) mass is 393 g/mol. The minimum absolute atomic E-state index is 0.271. The van der Waals surface area contributed by atoms with Gasteiger partial charge in [0.2, 0.25) is 0 Å². The number of para-hydroxylation sites is 1. The van der Waals surface area contributed by atoms with E-state index in [2.05, 4.69) is 5.32 Å². The Morgan fingerprint density at radius 3 is 2.38 bits per heavy atom. The Kier molecular flexibility index (Phi) is 5.31. The van der Waals surface area contributed by atoms with Gasteiger partial charge in [-0.05, 0) is 55.4 Å². The van der Waals surface area contributed by atoms with Crippen molar-refractivity contribution in [1.82, 2.24) is 5.32 Å². The Balaban J connectivity index is 1.61. The second-order valence-electron chi connectivity index (χ2n) is 8.08. The van der Waals surface area contributed by atoms with Crippen molar-refractivity contribution in [2.75, 3.05) is 13.2 Å². The first-order valence-corrected chi connectivity index (χ1v) is 10.3. The molecule has 0 bridgehead atoms. The number of hydrogen-bond donors (Lipinski definition) is 1.